The van der Waals surface area contributed by atoms with Gasteiger partial charge in [-0.3, -0.25) is 4.72 Å². The first-order valence-corrected chi connectivity index (χ1v) is 5.36. The Bertz CT molecular complexity index is 274. The quantitative estimate of drug-likeness (QED) is 0.439. The molecule has 0 fully saturated rings. The van der Waals surface area contributed by atoms with Crippen molar-refractivity contribution in [1.82, 2.24) is 4.72 Å². The molecule has 0 aliphatic carbocycles. The van der Waals surface area contributed by atoms with Gasteiger partial charge in [0, 0.05) is 11.4 Å². The van der Waals surface area contributed by atoms with E-state index in [-0.39, 0.29) is 0 Å². The molecule has 0 saturated carbocycles. The standard InChI is InChI=1S/C10H16N2S/c1-8-7-9(3-4-10(8)11)5-6-13-12-2/h3-4,7,12H,5-6,11H2,1-2H3. The smallest absolute Gasteiger partial charge is 0.0343 e. The van der Waals surface area contributed by atoms with E-state index < -0.39 is 0 Å². The topological polar surface area (TPSA) is 38.0 Å². The lowest BCUT2D eigenvalue weighted by molar-refractivity contribution is 1.13. The van der Waals surface area contributed by atoms with Crippen molar-refractivity contribution in [2.24, 2.45) is 0 Å². The van der Waals surface area contributed by atoms with Gasteiger partial charge in [-0.25, -0.2) is 0 Å². The molecule has 0 bridgehead atoms. The van der Waals surface area contributed by atoms with Gasteiger partial charge in [-0.2, -0.15) is 0 Å². The highest BCUT2D eigenvalue weighted by Crippen LogP contribution is 2.13. The highest BCUT2D eigenvalue weighted by atomic mass is 32.2. The number of benzene rings is 1. The summed E-state index contributed by atoms with van der Waals surface area (Å²) in [7, 11) is 1.94. The van der Waals surface area contributed by atoms with Gasteiger partial charge in [-0.05, 0) is 37.6 Å². The van der Waals surface area contributed by atoms with E-state index in [0.29, 0.717) is 0 Å². The minimum Gasteiger partial charge on any atom is -0.399 e. The summed E-state index contributed by atoms with van der Waals surface area (Å²) in [5.41, 5.74) is 9.13. The highest BCUT2D eigenvalue weighted by Gasteiger charge is 1.96. The third kappa shape index (κ3) is 3.28. The summed E-state index contributed by atoms with van der Waals surface area (Å²) in [6.07, 6.45) is 1.09. The molecule has 1 rings (SSSR count). The number of nitrogen functional groups attached to an aromatic ring is 1. The molecule has 0 heterocycles. The zero-order chi connectivity index (χ0) is 9.68. The maximum Gasteiger partial charge on any atom is 0.0343 e. The number of anilines is 1. The van der Waals surface area contributed by atoms with Crippen LogP contribution in [0.5, 0.6) is 0 Å². The molecular formula is C10H16N2S. The van der Waals surface area contributed by atoms with E-state index in [1.54, 1.807) is 11.9 Å². The van der Waals surface area contributed by atoms with Crippen LogP contribution < -0.4 is 10.5 Å². The molecule has 3 N–H and O–H groups in total. The lowest BCUT2D eigenvalue weighted by Crippen LogP contribution is -1.98. The summed E-state index contributed by atoms with van der Waals surface area (Å²) in [4.78, 5) is 0. The molecule has 0 atom stereocenters. The molecule has 0 aliphatic rings. The van der Waals surface area contributed by atoms with Crippen molar-refractivity contribution < 1.29 is 0 Å². The average molecular weight is 196 g/mol. The second-order valence-electron chi connectivity index (χ2n) is 2.99. The molecule has 1 aromatic carbocycles. The lowest BCUT2D eigenvalue weighted by atomic mass is 10.1. The van der Waals surface area contributed by atoms with Gasteiger partial charge >= 0.3 is 0 Å². The van der Waals surface area contributed by atoms with Gasteiger partial charge in [0.05, 0.1) is 0 Å². The van der Waals surface area contributed by atoms with E-state index in [0.717, 1.165) is 17.9 Å². The van der Waals surface area contributed by atoms with Crippen LogP contribution in [0.4, 0.5) is 5.69 Å². The SMILES string of the molecule is CNSCCc1ccc(N)c(C)c1. The first-order chi connectivity index (χ1) is 6.24. The Hall–Kier alpha value is -0.670. The van der Waals surface area contributed by atoms with Crippen molar-refractivity contribution in [3.63, 3.8) is 0 Å². The number of nitrogens with one attached hydrogen (secondary N) is 1. The molecule has 0 radical (unpaired) electrons. The Morgan fingerprint density at radius 1 is 1.46 bits per heavy atom. The van der Waals surface area contributed by atoms with E-state index in [2.05, 4.69) is 16.9 Å². The number of hydrogen-bond acceptors (Lipinski definition) is 3. The van der Waals surface area contributed by atoms with Gasteiger partial charge in [-0.1, -0.05) is 24.1 Å². The van der Waals surface area contributed by atoms with Gasteiger partial charge in [0.25, 0.3) is 0 Å². The number of aryl methyl sites for hydroxylation is 2. The van der Waals surface area contributed by atoms with Crippen LogP contribution in [0, 0.1) is 6.92 Å². The van der Waals surface area contributed by atoms with E-state index in [9.17, 15) is 0 Å². The molecule has 0 amide bonds. The van der Waals surface area contributed by atoms with Crippen LogP contribution >= 0.6 is 11.9 Å². The Balaban J connectivity index is 2.53. The molecular weight excluding hydrogens is 180 g/mol. The van der Waals surface area contributed by atoms with Crippen LogP contribution in [0.3, 0.4) is 0 Å². The average Bonchev–Trinajstić information content (AvgIpc) is 2.12. The Kier molecular flexibility index (Phi) is 4.12. The minimum atomic E-state index is 0.880. The maximum atomic E-state index is 5.73. The van der Waals surface area contributed by atoms with Crippen LogP contribution in [-0.4, -0.2) is 12.8 Å². The van der Waals surface area contributed by atoms with Crippen molar-refractivity contribution in [2.75, 3.05) is 18.5 Å². The molecule has 0 aliphatic heterocycles. The monoisotopic (exact) mass is 196 g/mol. The van der Waals surface area contributed by atoms with Crippen LogP contribution in [0.2, 0.25) is 0 Å². The van der Waals surface area contributed by atoms with E-state index in [4.69, 9.17) is 5.73 Å². The van der Waals surface area contributed by atoms with Crippen LogP contribution in [-0.2, 0) is 6.42 Å². The van der Waals surface area contributed by atoms with Crippen molar-refractivity contribution >= 4 is 17.6 Å². The number of rotatable bonds is 4. The molecule has 0 unspecified atom stereocenters. The second kappa shape index (κ2) is 5.14. The predicted molar refractivity (Wildman–Crippen MR) is 60.8 cm³/mol. The predicted octanol–water partition coefficient (Wildman–Crippen LogP) is 1.99. The summed E-state index contributed by atoms with van der Waals surface area (Å²) >= 11 is 1.73. The third-order valence-corrected chi connectivity index (χ3v) is 2.67. The van der Waals surface area contributed by atoms with Gasteiger partial charge < -0.3 is 5.73 Å². The largest absolute Gasteiger partial charge is 0.399 e. The molecule has 1 aromatic rings. The van der Waals surface area contributed by atoms with Crippen molar-refractivity contribution in [3.05, 3.63) is 29.3 Å². The second-order valence-corrected chi connectivity index (χ2v) is 4.10. The van der Waals surface area contributed by atoms with Gasteiger partial charge in [0.15, 0.2) is 0 Å². The summed E-state index contributed by atoms with van der Waals surface area (Å²) < 4.78 is 3.06. The number of hydrogen-bond donors (Lipinski definition) is 2. The van der Waals surface area contributed by atoms with Crippen LogP contribution in [0.15, 0.2) is 18.2 Å². The normalized spacial score (nSPS) is 10.3. The summed E-state index contributed by atoms with van der Waals surface area (Å²) in [5, 5.41) is 0. The molecule has 13 heavy (non-hydrogen) atoms. The Morgan fingerprint density at radius 2 is 2.23 bits per heavy atom. The first-order valence-electron chi connectivity index (χ1n) is 4.37. The van der Waals surface area contributed by atoms with Crippen LogP contribution in [0.1, 0.15) is 11.1 Å². The third-order valence-electron chi connectivity index (χ3n) is 1.97. The summed E-state index contributed by atoms with van der Waals surface area (Å²) in [5.74, 6) is 1.10. The molecule has 0 spiro atoms. The maximum absolute atomic E-state index is 5.73. The minimum absolute atomic E-state index is 0.880. The lowest BCUT2D eigenvalue weighted by Gasteiger charge is -2.04. The van der Waals surface area contributed by atoms with Gasteiger partial charge in [0.1, 0.15) is 0 Å². The molecule has 0 aromatic heterocycles. The van der Waals surface area contributed by atoms with E-state index >= 15 is 0 Å². The Morgan fingerprint density at radius 3 is 2.85 bits per heavy atom. The summed E-state index contributed by atoms with van der Waals surface area (Å²) in [6, 6.07) is 6.23. The number of nitrogens with two attached hydrogens (primary N) is 1. The zero-order valence-electron chi connectivity index (χ0n) is 8.13. The zero-order valence-corrected chi connectivity index (χ0v) is 8.95. The Labute approximate surface area is 84.0 Å². The fourth-order valence-corrected chi connectivity index (χ4v) is 1.71. The van der Waals surface area contributed by atoms with Crippen molar-refractivity contribution in [1.29, 1.82) is 0 Å². The molecule has 0 saturated heterocycles. The molecule has 3 heteroatoms. The van der Waals surface area contributed by atoms with E-state index in [1.165, 1.54) is 11.1 Å². The molecule has 72 valence electrons. The van der Waals surface area contributed by atoms with E-state index in [1.807, 2.05) is 20.0 Å². The van der Waals surface area contributed by atoms with Gasteiger partial charge in [-0.15, -0.1) is 0 Å². The summed E-state index contributed by atoms with van der Waals surface area (Å²) in [6.45, 7) is 2.05. The molecule has 2 nitrogen and oxygen atoms in total. The fourth-order valence-electron chi connectivity index (χ4n) is 1.16. The van der Waals surface area contributed by atoms with Crippen LogP contribution in [0.25, 0.3) is 0 Å². The fraction of sp³-hybridized carbons (Fsp3) is 0.400. The van der Waals surface area contributed by atoms with Crippen molar-refractivity contribution in [2.45, 2.75) is 13.3 Å². The highest BCUT2D eigenvalue weighted by molar-refractivity contribution is 7.97. The van der Waals surface area contributed by atoms with Gasteiger partial charge in [0.2, 0.25) is 0 Å². The first kappa shape index (κ1) is 10.4. The van der Waals surface area contributed by atoms with Crippen molar-refractivity contribution in [3.8, 4) is 0 Å².